The Balaban J connectivity index is 2.20. The largest absolute Gasteiger partial charge is 0.480 e. The van der Waals surface area contributed by atoms with Crippen LogP contribution in [0.15, 0.2) is 18.2 Å². The van der Waals surface area contributed by atoms with Crippen LogP contribution in [-0.2, 0) is 9.53 Å². The van der Waals surface area contributed by atoms with Crippen LogP contribution in [0.25, 0.3) is 0 Å². The molecular weight excluding hydrogens is 290 g/mol. The van der Waals surface area contributed by atoms with Crippen LogP contribution in [0, 0.1) is 5.92 Å². The van der Waals surface area contributed by atoms with Crippen molar-refractivity contribution in [3.8, 4) is 0 Å². The molecule has 1 aromatic rings. The Morgan fingerprint density at radius 1 is 1.18 bits per heavy atom. The molecule has 0 fully saturated rings. The molecule has 7 heteroatoms. The molecule has 1 aliphatic rings. The van der Waals surface area contributed by atoms with Gasteiger partial charge >= 0.3 is 17.9 Å². The van der Waals surface area contributed by atoms with Crippen molar-refractivity contribution in [1.82, 2.24) is 5.32 Å². The third-order valence-electron chi connectivity index (χ3n) is 3.22. The minimum absolute atomic E-state index is 0.00776. The van der Waals surface area contributed by atoms with Crippen LogP contribution in [0.1, 0.15) is 51.3 Å². The molecule has 2 N–H and O–H groups in total. The Bertz CT molecular complexity index is 664. The van der Waals surface area contributed by atoms with Crippen LogP contribution in [-0.4, -0.2) is 35.0 Å². The van der Waals surface area contributed by atoms with E-state index in [1.807, 2.05) is 13.8 Å². The van der Waals surface area contributed by atoms with Gasteiger partial charge in [0.25, 0.3) is 5.91 Å². The van der Waals surface area contributed by atoms with Crippen LogP contribution < -0.4 is 5.32 Å². The average molecular weight is 305 g/mol. The maximum absolute atomic E-state index is 12.1. The number of fused-ring (bicyclic) bond motifs is 1. The zero-order valence-corrected chi connectivity index (χ0v) is 12.1. The highest BCUT2D eigenvalue weighted by atomic mass is 16.6. The summed E-state index contributed by atoms with van der Waals surface area (Å²) < 4.78 is 4.43. The predicted molar refractivity (Wildman–Crippen MR) is 74.5 cm³/mol. The summed E-state index contributed by atoms with van der Waals surface area (Å²) in [6.45, 7) is 3.69. The fraction of sp³-hybridized carbons (Fsp3) is 0.333. The van der Waals surface area contributed by atoms with Gasteiger partial charge in [0.1, 0.15) is 6.04 Å². The van der Waals surface area contributed by atoms with E-state index in [1.165, 1.54) is 18.2 Å². The van der Waals surface area contributed by atoms with Crippen LogP contribution in [0.2, 0.25) is 0 Å². The van der Waals surface area contributed by atoms with Gasteiger partial charge in [0.15, 0.2) is 0 Å². The first-order chi connectivity index (χ1) is 10.3. The molecule has 2 rings (SSSR count). The minimum Gasteiger partial charge on any atom is -0.480 e. The third-order valence-corrected chi connectivity index (χ3v) is 3.22. The average Bonchev–Trinajstić information content (AvgIpc) is 2.72. The molecule has 0 aliphatic carbocycles. The van der Waals surface area contributed by atoms with Crippen molar-refractivity contribution in [3.63, 3.8) is 0 Å². The molecule has 22 heavy (non-hydrogen) atoms. The number of benzene rings is 1. The molecule has 0 radical (unpaired) electrons. The number of ether oxygens (including phenoxy) is 1. The van der Waals surface area contributed by atoms with Gasteiger partial charge < -0.3 is 15.2 Å². The Kier molecular flexibility index (Phi) is 4.25. The molecule has 1 unspecified atom stereocenters. The van der Waals surface area contributed by atoms with Crippen molar-refractivity contribution in [2.75, 3.05) is 0 Å². The van der Waals surface area contributed by atoms with E-state index in [2.05, 4.69) is 10.1 Å². The van der Waals surface area contributed by atoms with E-state index in [0.717, 1.165) is 0 Å². The van der Waals surface area contributed by atoms with Crippen molar-refractivity contribution >= 4 is 23.8 Å². The normalized spacial score (nSPS) is 14.5. The topological polar surface area (TPSA) is 110 Å². The van der Waals surface area contributed by atoms with E-state index in [4.69, 9.17) is 5.11 Å². The van der Waals surface area contributed by atoms with E-state index in [-0.39, 0.29) is 29.0 Å². The van der Waals surface area contributed by atoms with Gasteiger partial charge in [-0.2, -0.15) is 0 Å². The van der Waals surface area contributed by atoms with Crippen LogP contribution in [0.4, 0.5) is 0 Å². The highest BCUT2D eigenvalue weighted by molar-refractivity contribution is 6.15. The summed E-state index contributed by atoms with van der Waals surface area (Å²) in [4.78, 5) is 46.1. The Morgan fingerprint density at radius 3 is 2.41 bits per heavy atom. The molecule has 116 valence electrons. The second kappa shape index (κ2) is 5.97. The number of hydrogen-bond acceptors (Lipinski definition) is 5. The van der Waals surface area contributed by atoms with Crippen molar-refractivity contribution in [2.24, 2.45) is 5.92 Å². The summed E-state index contributed by atoms with van der Waals surface area (Å²) in [6, 6.07) is 2.87. The van der Waals surface area contributed by atoms with Crippen molar-refractivity contribution in [1.29, 1.82) is 0 Å². The van der Waals surface area contributed by atoms with Gasteiger partial charge in [-0.25, -0.2) is 14.4 Å². The van der Waals surface area contributed by atoms with E-state index >= 15 is 0 Å². The van der Waals surface area contributed by atoms with Crippen LogP contribution >= 0.6 is 0 Å². The van der Waals surface area contributed by atoms with Gasteiger partial charge in [-0.1, -0.05) is 13.8 Å². The Labute approximate surface area is 126 Å². The molecule has 1 aromatic carbocycles. The maximum atomic E-state index is 12.1. The van der Waals surface area contributed by atoms with Gasteiger partial charge in [0, 0.05) is 5.56 Å². The first-order valence-electron chi connectivity index (χ1n) is 6.73. The number of rotatable bonds is 5. The number of cyclic esters (lactones) is 2. The Morgan fingerprint density at radius 2 is 1.82 bits per heavy atom. The first-order valence-corrected chi connectivity index (χ1v) is 6.73. The summed E-state index contributed by atoms with van der Waals surface area (Å²) >= 11 is 0. The molecule has 7 nitrogen and oxygen atoms in total. The van der Waals surface area contributed by atoms with E-state index in [1.54, 1.807) is 0 Å². The quantitative estimate of drug-likeness (QED) is 0.625. The monoisotopic (exact) mass is 305 g/mol. The molecule has 0 bridgehead atoms. The number of carbonyl (C=O) groups is 4. The number of hydrogen-bond donors (Lipinski definition) is 2. The zero-order chi connectivity index (χ0) is 16.4. The van der Waals surface area contributed by atoms with Crippen LogP contribution in [0.3, 0.4) is 0 Å². The number of carboxylic acids is 1. The number of aliphatic carboxylic acids is 1. The maximum Gasteiger partial charge on any atom is 0.346 e. The highest BCUT2D eigenvalue weighted by Gasteiger charge is 2.31. The van der Waals surface area contributed by atoms with E-state index in [9.17, 15) is 19.2 Å². The minimum atomic E-state index is -1.13. The lowest BCUT2D eigenvalue weighted by molar-refractivity contribution is -0.139. The standard InChI is InChI=1S/C15H15NO6/c1-7(2)5-11(13(18)19)16-12(17)8-3-4-9-10(6-8)15(21)22-14(9)20/h3-4,6-7,11H,5H2,1-2H3,(H,16,17)(H,18,19). The summed E-state index contributed by atoms with van der Waals surface area (Å²) in [5, 5.41) is 11.5. The molecule has 0 spiro atoms. The molecule has 0 saturated carbocycles. The smallest absolute Gasteiger partial charge is 0.346 e. The SMILES string of the molecule is CC(C)CC(NC(=O)c1ccc2c(c1)C(=O)OC2=O)C(=O)O. The number of carbonyl (C=O) groups excluding carboxylic acids is 3. The number of amides is 1. The van der Waals surface area contributed by atoms with E-state index < -0.39 is 29.9 Å². The van der Waals surface area contributed by atoms with Gasteiger partial charge in [-0.05, 0) is 30.5 Å². The van der Waals surface area contributed by atoms with Gasteiger partial charge in [0.2, 0.25) is 0 Å². The fourth-order valence-electron chi connectivity index (χ4n) is 2.16. The summed E-state index contributed by atoms with van der Waals surface area (Å²) in [6.07, 6.45) is 0.284. The molecule has 1 aliphatic heterocycles. The first kappa shape index (κ1) is 15.7. The van der Waals surface area contributed by atoms with Gasteiger partial charge in [-0.3, -0.25) is 4.79 Å². The van der Waals surface area contributed by atoms with Crippen molar-refractivity contribution in [2.45, 2.75) is 26.3 Å². The number of esters is 2. The lowest BCUT2D eigenvalue weighted by atomic mass is 10.0. The predicted octanol–water partition coefficient (Wildman–Crippen LogP) is 1.23. The molecule has 0 saturated heterocycles. The number of nitrogens with one attached hydrogen (secondary N) is 1. The summed E-state index contributed by atoms with van der Waals surface area (Å²) in [5.74, 6) is -3.23. The lowest BCUT2D eigenvalue weighted by Crippen LogP contribution is -2.41. The van der Waals surface area contributed by atoms with Crippen molar-refractivity contribution < 1.29 is 29.0 Å². The molecule has 1 amide bonds. The fourth-order valence-corrected chi connectivity index (χ4v) is 2.16. The van der Waals surface area contributed by atoms with Gasteiger partial charge in [-0.15, -0.1) is 0 Å². The van der Waals surface area contributed by atoms with Gasteiger partial charge in [0.05, 0.1) is 11.1 Å². The lowest BCUT2D eigenvalue weighted by Gasteiger charge is -2.16. The molecule has 1 heterocycles. The van der Waals surface area contributed by atoms with Crippen LogP contribution in [0.5, 0.6) is 0 Å². The van der Waals surface area contributed by atoms with E-state index in [0.29, 0.717) is 0 Å². The zero-order valence-electron chi connectivity index (χ0n) is 12.1. The summed E-state index contributed by atoms with van der Waals surface area (Å²) in [7, 11) is 0. The Hall–Kier alpha value is -2.70. The highest BCUT2D eigenvalue weighted by Crippen LogP contribution is 2.21. The number of carboxylic acid groups (broad SMARTS) is 1. The summed E-state index contributed by atoms with van der Waals surface area (Å²) in [5.41, 5.74) is 0.201. The van der Waals surface area contributed by atoms with Crippen molar-refractivity contribution in [3.05, 3.63) is 34.9 Å². The molecule has 0 aromatic heterocycles. The second-order valence-electron chi connectivity index (χ2n) is 5.43. The third kappa shape index (κ3) is 3.13. The molecule has 1 atom stereocenters. The molecular formula is C15H15NO6. The second-order valence-corrected chi connectivity index (χ2v) is 5.43.